The number of nitrogens with zero attached hydrogens (tertiary/aromatic N) is 2. The molecule has 0 aromatic heterocycles. The highest BCUT2D eigenvalue weighted by atomic mass is 16.5. The number of ketones is 1. The van der Waals surface area contributed by atoms with Crippen molar-refractivity contribution in [2.24, 2.45) is 0 Å². The molecular formula is C28H34N2O5. The number of Topliss-reactive ketones (excluding diaryl/α,β-unsaturated/α-hetero) is 1. The average molecular weight is 479 g/mol. The fraction of sp³-hybridized carbons (Fsp3) is 0.429. The Morgan fingerprint density at radius 2 is 1.94 bits per heavy atom. The Balaban J connectivity index is 1.75. The van der Waals surface area contributed by atoms with Gasteiger partial charge >= 0.3 is 0 Å². The molecule has 1 fully saturated rings. The van der Waals surface area contributed by atoms with Crippen molar-refractivity contribution < 1.29 is 24.2 Å². The van der Waals surface area contributed by atoms with Crippen LogP contribution in [0.3, 0.4) is 0 Å². The van der Waals surface area contributed by atoms with Gasteiger partial charge in [-0.25, -0.2) is 0 Å². The molecule has 1 saturated heterocycles. The number of aliphatic hydroxyl groups excluding tert-OH is 1. The predicted molar refractivity (Wildman–Crippen MR) is 135 cm³/mol. The van der Waals surface area contributed by atoms with Crippen LogP contribution in [0.5, 0.6) is 11.5 Å². The van der Waals surface area contributed by atoms with Crippen LogP contribution in [-0.2, 0) is 16.0 Å². The number of methoxy groups -OCH3 is 1. The van der Waals surface area contributed by atoms with Gasteiger partial charge in [0.05, 0.1) is 18.7 Å². The molecule has 7 heteroatoms. The fourth-order valence-corrected chi connectivity index (χ4v) is 5.00. The van der Waals surface area contributed by atoms with Crippen molar-refractivity contribution >= 4 is 17.4 Å². The van der Waals surface area contributed by atoms with E-state index in [1.807, 2.05) is 43.3 Å². The zero-order valence-corrected chi connectivity index (χ0v) is 20.9. The molecule has 2 aromatic rings. The van der Waals surface area contributed by atoms with Gasteiger partial charge in [0.25, 0.3) is 11.7 Å². The van der Waals surface area contributed by atoms with Gasteiger partial charge in [-0.1, -0.05) is 26.0 Å². The number of likely N-dealkylation sites (tertiary alicyclic amines) is 1. The molecule has 1 amide bonds. The van der Waals surface area contributed by atoms with Crippen LogP contribution in [0.25, 0.3) is 5.76 Å². The second-order valence-corrected chi connectivity index (χ2v) is 9.10. The number of fused-ring (bicyclic) bond motifs is 1. The van der Waals surface area contributed by atoms with Crippen molar-refractivity contribution in [1.82, 2.24) is 9.80 Å². The maximum absolute atomic E-state index is 13.3. The van der Waals surface area contributed by atoms with E-state index in [1.54, 1.807) is 18.1 Å². The summed E-state index contributed by atoms with van der Waals surface area (Å²) in [5.74, 6) is 0.000203. The number of hydrogen-bond acceptors (Lipinski definition) is 6. The van der Waals surface area contributed by atoms with Crippen molar-refractivity contribution in [1.29, 1.82) is 0 Å². The molecule has 0 radical (unpaired) electrons. The number of hydrogen-bond donors (Lipinski definition) is 1. The van der Waals surface area contributed by atoms with E-state index in [4.69, 9.17) is 9.47 Å². The van der Waals surface area contributed by atoms with Crippen LogP contribution in [0.4, 0.5) is 0 Å². The Morgan fingerprint density at radius 1 is 1.17 bits per heavy atom. The Hall–Kier alpha value is -3.32. The van der Waals surface area contributed by atoms with Gasteiger partial charge in [0.1, 0.15) is 23.4 Å². The molecule has 2 aliphatic heterocycles. The molecule has 2 atom stereocenters. The Labute approximate surface area is 206 Å². The number of ether oxygens (including phenoxy) is 2. The second-order valence-electron chi connectivity index (χ2n) is 9.10. The van der Waals surface area contributed by atoms with Crippen LogP contribution in [0, 0.1) is 0 Å². The number of carbonyl (C=O) groups is 2. The molecule has 2 heterocycles. The lowest BCUT2D eigenvalue weighted by Gasteiger charge is -2.27. The van der Waals surface area contributed by atoms with Gasteiger partial charge in [0.2, 0.25) is 0 Å². The molecule has 4 rings (SSSR count). The average Bonchev–Trinajstić information content (AvgIpc) is 3.37. The van der Waals surface area contributed by atoms with E-state index < -0.39 is 17.7 Å². The monoisotopic (exact) mass is 478 g/mol. The third-order valence-corrected chi connectivity index (χ3v) is 6.89. The zero-order valence-electron chi connectivity index (χ0n) is 20.9. The molecule has 0 bridgehead atoms. The number of aliphatic hydroxyl groups is 1. The van der Waals surface area contributed by atoms with E-state index in [0.717, 1.165) is 49.4 Å². The van der Waals surface area contributed by atoms with Gasteiger partial charge in [-0.15, -0.1) is 0 Å². The zero-order chi connectivity index (χ0) is 25.1. The molecule has 186 valence electrons. The normalized spacial score (nSPS) is 20.9. The largest absolute Gasteiger partial charge is 0.507 e. The Morgan fingerprint density at radius 3 is 2.66 bits per heavy atom. The number of rotatable bonds is 9. The minimum Gasteiger partial charge on any atom is -0.507 e. The predicted octanol–water partition coefficient (Wildman–Crippen LogP) is 4.17. The first-order valence-electron chi connectivity index (χ1n) is 12.3. The highest BCUT2D eigenvalue weighted by Gasteiger charge is 2.46. The van der Waals surface area contributed by atoms with E-state index in [2.05, 4.69) is 18.7 Å². The molecule has 0 saturated carbocycles. The van der Waals surface area contributed by atoms with Crippen LogP contribution in [0.2, 0.25) is 0 Å². The van der Waals surface area contributed by atoms with E-state index in [1.165, 1.54) is 0 Å². The first kappa shape index (κ1) is 24.8. The highest BCUT2D eigenvalue weighted by molar-refractivity contribution is 6.46. The van der Waals surface area contributed by atoms with Gasteiger partial charge in [0.15, 0.2) is 0 Å². The lowest BCUT2D eigenvalue weighted by Crippen LogP contribution is -2.33. The minimum absolute atomic E-state index is 0.0653. The standard InChI is InChI=1S/C28H34N2O5/c1-5-29(6-2)13-8-14-30-25(19-9-7-10-22(17-19)34-4)24(27(32)28(30)33)26(31)20-11-12-23-21(16-20)15-18(3)35-23/h7,9-12,16-18,25,31H,5-6,8,13-15H2,1-4H3/b26-24+/t18-,25+/m1/s1. The van der Waals surface area contributed by atoms with Crippen LogP contribution < -0.4 is 9.47 Å². The third kappa shape index (κ3) is 4.91. The van der Waals surface area contributed by atoms with Crippen LogP contribution in [0.1, 0.15) is 49.9 Å². The summed E-state index contributed by atoms with van der Waals surface area (Å²) in [6.45, 7) is 9.29. The van der Waals surface area contributed by atoms with E-state index in [-0.39, 0.29) is 17.4 Å². The van der Waals surface area contributed by atoms with E-state index in [9.17, 15) is 14.7 Å². The SMILES string of the molecule is CCN(CC)CCCN1C(=O)C(=O)/C(=C(/O)c2ccc3c(c2)C[C@@H](C)O3)[C@@H]1c1cccc(OC)c1. The van der Waals surface area contributed by atoms with Crippen molar-refractivity contribution in [3.05, 3.63) is 64.7 Å². The summed E-state index contributed by atoms with van der Waals surface area (Å²) in [5.41, 5.74) is 2.33. The Bertz CT molecular complexity index is 1140. The maximum Gasteiger partial charge on any atom is 0.295 e. The number of amides is 1. The summed E-state index contributed by atoms with van der Waals surface area (Å²) >= 11 is 0. The van der Waals surface area contributed by atoms with Gasteiger partial charge in [0, 0.05) is 18.5 Å². The maximum atomic E-state index is 13.3. The van der Waals surface area contributed by atoms with Crippen LogP contribution in [0.15, 0.2) is 48.0 Å². The minimum atomic E-state index is -0.690. The molecule has 7 nitrogen and oxygen atoms in total. The molecule has 0 unspecified atom stereocenters. The van der Waals surface area contributed by atoms with Crippen molar-refractivity contribution in [2.45, 2.75) is 45.8 Å². The van der Waals surface area contributed by atoms with Crippen molar-refractivity contribution in [3.8, 4) is 11.5 Å². The fourth-order valence-electron chi connectivity index (χ4n) is 5.00. The van der Waals surface area contributed by atoms with Crippen molar-refractivity contribution in [2.75, 3.05) is 33.3 Å². The summed E-state index contributed by atoms with van der Waals surface area (Å²) in [6, 6.07) is 12.0. The summed E-state index contributed by atoms with van der Waals surface area (Å²) in [6.07, 6.45) is 1.52. The smallest absolute Gasteiger partial charge is 0.295 e. The van der Waals surface area contributed by atoms with Crippen LogP contribution >= 0.6 is 0 Å². The topological polar surface area (TPSA) is 79.3 Å². The molecule has 35 heavy (non-hydrogen) atoms. The highest BCUT2D eigenvalue weighted by Crippen LogP contribution is 2.41. The second kappa shape index (κ2) is 10.5. The Kier molecular flexibility index (Phi) is 7.45. The van der Waals surface area contributed by atoms with Crippen molar-refractivity contribution in [3.63, 3.8) is 0 Å². The summed E-state index contributed by atoms with van der Waals surface area (Å²) in [4.78, 5) is 30.4. The lowest BCUT2D eigenvalue weighted by atomic mass is 9.94. The molecule has 0 aliphatic carbocycles. The molecule has 0 spiro atoms. The van der Waals surface area contributed by atoms with Crippen LogP contribution in [-0.4, -0.2) is 66.0 Å². The number of benzene rings is 2. The van der Waals surface area contributed by atoms with Gasteiger partial charge in [-0.2, -0.15) is 0 Å². The summed E-state index contributed by atoms with van der Waals surface area (Å²) in [5, 5.41) is 11.4. The van der Waals surface area contributed by atoms with Gasteiger partial charge in [-0.05, 0) is 74.4 Å². The third-order valence-electron chi connectivity index (χ3n) is 6.89. The molecule has 2 aliphatic rings. The quantitative estimate of drug-likeness (QED) is 0.331. The van der Waals surface area contributed by atoms with E-state index >= 15 is 0 Å². The first-order chi connectivity index (χ1) is 16.9. The summed E-state index contributed by atoms with van der Waals surface area (Å²) in [7, 11) is 1.58. The molecule has 1 N–H and O–H groups in total. The first-order valence-corrected chi connectivity index (χ1v) is 12.3. The van der Waals surface area contributed by atoms with Gasteiger partial charge in [-0.3, -0.25) is 9.59 Å². The number of carbonyl (C=O) groups excluding carboxylic acids is 2. The van der Waals surface area contributed by atoms with Gasteiger partial charge < -0.3 is 24.4 Å². The molecular weight excluding hydrogens is 444 g/mol. The summed E-state index contributed by atoms with van der Waals surface area (Å²) < 4.78 is 11.2. The lowest BCUT2D eigenvalue weighted by molar-refractivity contribution is -0.140. The van der Waals surface area contributed by atoms with E-state index in [0.29, 0.717) is 17.9 Å². The molecule has 2 aromatic carbocycles.